The van der Waals surface area contributed by atoms with Gasteiger partial charge in [-0.15, -0.1) is 0 Å². The van der Waals surface area contributed by atoms with Gasteiger partial charge in [0.25, 0.3) is 0 Å². The second-order valence-corrected chi connectivity index (χ2v) is 6.64. The Kier molecular flexibility index (Phi) is 4.90. The first-order valence-corrected chi connectivity index (χ1v) is 6.44. The highest BCUT2D eigenvalue weighted by atomic mass is 32.2. The topological polar surface area (TPSA) is 86.7 Å². The van der Waals surface area contributed by atoms with Crippen molar-refractivity contribution in [3.05, 3.63) is 0 Å². The molecule has 0 amide bonds. The molecule has 16 heavy (non-hydrogen) atoms. The molecule has 6 nitrogen and oxygen atoms in total. The van der Waals surface area contributed by atoms with Gasteiger partial charge in [0.15, 0.2) is 5.25 Å². The first kappa shape index (κ1) is 15.3. The van der Waals surface area contributed by atoms with Crippen molar-refractivity contribution in [1.82, 2.24) is 9.62 Å². The van der Waals surface area contributed by atoms with E-state index in [2.05, 4.69) is 4.72 Å². The van der Waals surface area contributed by atoms with E-state index >= 15 is 0 Å². The maximum Gasteiger partial charge on any atom is 0.323 e. The summed E-state index contributed by atoms with van der Waals surface area (Å²) in [4.78, 5) is 12.4. The molecule has 1 atom stereocenters. The van der Waals surface area contributed by atoms with E-state index in [1.165, 1.54) is 0 Å². The minimum absolute atomic E-state index is 0.167. The molecule has 0 aliphatic rings. The van der Waals surface area contributed by atoms with Crippen molar-refractivity contribution in [2.75, 3.05) is 20.6 Å². The number of nitrogens with one attached hydrogen (secondary N) is 1. The van der Waals surface area contributed by atoms with Gasteiger partial charge in [-0.1, -0.05) is 0 Å². The largest absolute Gasteiger partial charge is 0.480 e. The van der Waals surface area contributed by atoms with Crippen molar-refractivity contribution < 1.29 is 18.3 Å². The minimum Gasteiger partial charge on any atom is -0.480 e. The summed E-state index contributed by atoms with van der Waals surface area (Å²) in [6.07, 6.45) is 0. The average molecular weight is 252 g/mol. The lowest BCUT2D eigenvalue weighted by atomic mass is 10.1. The molecule has 0 saturated carbocycles. The Bertz CT molecular complexity index is 349. The summed E-state index contributed by atoms with van der Waals surface area (Å²) in [5.41, 5.74) is -0.370. The molecule has 0 rings (SSSR count). The molecule has 0 radical (unpaired) electrons. The molecule has 1 unspecified atom stereocenters. The molecular formula is C9H20N2O4S. The number of sulfonamides is 1. The molecule has 0 spiro atoms. The normalized spacial score (nSPS) is 15.1. The standard InChI is InChI=1S/C9H20N2O4S/c1-7(8(12)13)16(14,15)10-6-9(2,3)11(4)5/h7,10H,6H2,1-5H3,(H,12,13). The van der Waals surface area contributed by atoms with Crippen LogP contribution < -0.4 is 4.72 Å². The van der Waals surface area contributed by atoms with Crippen molar-refractivity contribution in [3.63, 3.8) is 0 Å². The third-order valence-corrected chi connectivity index (χ3v) is 4.41. The summed E-state index contributed by atoms with van der Waals surface area (Å²) in [5, 5.41) is 7.19. The number of aliphatic carboxylic acids is 1. The van der Waals surface area contributed by atoms with E-state index in [9.17, 15) is 13.2 Å². The molecule has 0 aromatic carbocycles. The first-order chi connectivity index (χ1) is 7.00. The Morgan fingerprint density at radius 1 is 1.44 bits per heavy atom. The van der Waals surface area contributed by atoms with Gasteiger partial charge >= 0.3 is 5.97 Å². The van der Waals surface area contributed by atoms with Crippen LogP contribution in [-0.2, 0) is 14.8 Å². The third kappa shape index (κ3) is 4.07. The van der Waals surface area contributed by atoms with Crippen molar-refractivity contribution in [2.24, 2.45) is 0 Å². The van der Waals surface area contributed by atoms with E-state index in [4.69, 9.17) is 5.11 Å². The van der Waals surface area contributed by atoms with Crippen LogP contribution in [0.25, 0.3) is 0 Å². The Morgan fingerprint density at radius 2 is 1.88 bits per heavy atom. The van der Waals surface area contributed by atoms with Crippen molar-refractivity contribution in [3.8, 4) is 0 Å². The second kappa shape index (κ2) is 5.11. The summed E-state index contributed by atoms with van der Waals surface area (Å²) in [7, 11) is -0.146. The van der Waals surface area contributed by atoms with Gasteiger partial charge in [-0.25, -0.2) is 13.1 Å². The molecule has 0 bridgehead atoms. The highest BCUT2D eigenvalue weighted by molar-refractivity contribution is 7.90. The zero-order valence-corrected chi connectivity index (χ0v) is 11.1. The molecule has 0 aliphatic carbocycles. The van der Waals surface area contributed by atoms with Crippen LogP contribution in [0, 0.1) is 0 Å². The number of likely N-dealkylation sites (N-methyl/N-ethyl adjacent to an activating group) is 1. The Morgan fingerprint density at radius 3 is 2.19 bits per heavy atom. The van der Waals surface area contributed by atoms with Crippen LogP contribution in [0.5, 0.6) is 0 Å². The van der Waals surface area contributed by atoms with Gasteiger partial charge in [0.1, 0.15) is 0 Å². The summed E-state index contributed by atoms with van der Waals surface area (Å²) < 4.78 is 25.4. The Balaban J connectivity index is 4.59. The van der Waals surface area contributed by atoms with E-state index in [0.717, 1.165) is 6.92 Å². The lowest BCUT2D eigenvalue weighted by Crippen LogP contribution is -2.50. The monoisotopic (exact) mass is 252 g/mol. The first-order valence-electron chi connectivity index (χ1n) is 4.89. The molecule has 0 aromatic rings. The average Bonchev–Trinajstić information content (AvgIpc) is 2.13. The third-order valence-electron chi connectivity index (χ3n) is 2.73. The predicted molar refractivity (Wildman–Crippen MR) is 61.8 cm³/mol. The van der Waals surface area contributed by atoms with Crippen molar-refractivity contribution in [1.29, 1.82) is 0 Å². The number of hydrogen-bond acceptors (Lipinski definition) is 4. The van der Waals surface area contributed by atoms with Gasteiger partial charge < -0.3 is 10.0 Å². The Hall–Kier alpha value is -0.660. The van der Waals surface area contributed by atoms with Crippen LogP contribution in [0.2, 0.25) is 0 Å². The SMILES string of the molecule is CC(C(=O)O)S(=O)(=O)NCC(C)(C)N(C)C. The van der Waals surface area contributed by atoms with Crippen molar-refractivity contribution in [2.45, 2.75) is 31.6 Å². The molecule has 96 valence electrons. The van der Waals surface area contributed by atoms with Gasteiger partial charge in [0, 0.05) is 12.1 Å². The molecule has 0 aliphatic heterocycles. The summed E-state index contributed by atoms with van der Waals surface area (Å²) >= 11 is 0. The number of carboxylic acid groups (broad SMARTS) is 1. The lowest BCUT2D eigenvalue weighted by molar-refractivity contribution is -0.136. The van der Waals surface area contributed by atoms with Crippen LogP contribution in [0.4, 0.5) is 0 Å². The number of rotatable bonds is 6. The summed E-state index contributed by atoms with van der Waals surface area (Å²) in [6, 6.07) is 0. The number of hydrogen-bond donors (Lipinski definition) is 2. The van der Waals surface area contributed by atoms with Gasteiger partial charge in [0.2, 0.25) is 10.0 Å². The number of carboxylic acids is 1. The summed E-state index contributed by atoms with van der Waals surface area (Å²) in [5.74, 6) is -1.35. The highest BCUT2D eigenvalue weighted by Crippen LogP contribution is 2.09. The molecule has 0 heterocycles. The smallest absolute Gasteiger partial charge is 0.323 e. The molecular weight excluding hydrogens is 232 g/mol. The quantitative estimate of drug-likeness (QED) is 0.679. The molecule has 2 N–H and O–H groups in total. The van der Waals surface area contributed by atoms with Crippen LogP contribution in [0.15, 0.2) is 0 Å². The van der Waals surface area contributed by atoms with E-state index < -0.39 is 21.2 Å². The molecule has 0 aromatic heterocycles. The lowest BCUT2D eigenvalue weighted by Gasteiger charge is -2.32. The Labute approximate surface area is 96.7 Å². The maximum atomic E-state index is 11.5. The number of carbonyl (C=O) groups is 1. The second-order valence-electron chi connectivity index (χ2n) is 4.55. The van der Waals surface area contributed by atoms with Crippen LogP contribution in [0.1, 0.15) is 20.8 Å². The van der Waals surface area contributed by atoms with E-state index in [1.54, 1.807) is 0 Å². The van der Waals surface area contributed by atoms with Gasteiger partial charge in [-0.3, -0.25) is 4.79 Å². The number of nitrogens with zero attached hydrogens (tertiary/aromatic N) is 1. The van der Waals surface area contributed by atoms with Crippen molar-refractivity contribution >= 4 is 16.0 Å². The molecule has 7 heteroatoms. The minimum atomic E-state index is -3.80. The predicted octanol–water partition coefficient (Wildman–Crippen LogP) is -0.281. The highest BCUT2D eigenvalue weighted by Gasteiger charge is 2.30. The zero-order valence-electron chi connectivity index (χ0n) is 10.3. The molecule has 0 saturated heterocycles. The van der Waals surface area contributed by atoms with Gasteiger partial charge in [-0.05, 0) is 34.9 Å². The van der Waals surface area contributed by atoms with Crippen LogP contribution >= 0.6 is 0 Å². The van der Waals surface area contributed by atoms with E-state index in [0.29, 0.717) is 0 Å². The fourth-order valence-electron chi connectivity index (χ4n) is 0.693. The van der Waals surface area contributed by atoms with Crippen LogP contribution in [-0.4, -0.2) is 55.8 Å². The fourth-order valence-corrected chi connectivity index (χ4v) is 1.76. The van der Waals surface area contributed by atoms with E-state index in [-0.39, 0.29) is 12.1 Å². The fraction of sp³-hybridized carbons (Fsp3) is 0.889. The van der Waals surface area contributed by atoms with Gasteiger partial charge in [0.05, 0.1) is 0 Å². The van der Waals surface area contributed by atoms with Gasteiger partial charge in [-0.2, -0.15) is 0 Å². The van der Waals surface area contributed by atoms with E-state index in [1.807, 2.05) is 32.8 Å². The summed E-state index contributed by atoms with van der Waals surface area (Å²) in [6.45, 7) is 5.04. The maximum absolute atomic E-state index is 11.5. The zero-order chi connectivity index (χ0) is 13.1. The molecule has 0 fully saturated rings. The van der Waals surface area contributed by atoms with Crippen LogP contribution in [0.3, 0.4) is 0 Å².